The number of hydrogen-bond acceptors (Lipinski definition) is 5. The Morgan fingerprint density at radius 2 is 1.72 bits per heavy atom. The molecule has 0 aliphatic carbocycles. The fourth-order valence-corrected chi connectivity index (χ4v) is 4.88. The van der Waals surface area contributed by atoms with E-state index in [0.29, 0.717) is 28.0 Å². The number of hydrogen-bond donors (Lipinski definition) is 1. The zero-order chi connectivity index (χ0) is 18.0. The van der Waals surface area contributed by atoms with E-state index in [-0.39, 0.29) is 10.8 Å². The van der Waals surface area contributed by atoms with Gasteiger partial charge in [-0.05, 0) is 43.4 Å². The van der Waals surface area contributed by atoms with Gasteiger partial charge in [0.25, 0.3) is 5.91 Å². The maximum absolute atomic E-state index is 12.7. The molecule has 1 aromatic carbocycles. The van der Waals surface area contributed by atoms with E-state index in [4.69, 9.17) is 11.6 Å². The van der Waals surface area contributed by atoms with Crippen LogP contribution in [0, 0.1) is 0 Å². The smallest absolute Gasteiger partial charge is 0.265 e. The molecule has 1 aliphatic rings. The van der Waals surface area contributed by atoms with Gasteiger partial charge in [-0.3, -0.25) is 4.79 Å². The van der Waals surface area contributed by atoms with E-state index in [1.165, 1.54) is 27.8 Å². The van der Waals surface area contributed by atoms with E-state index in [1.807, 2.05) is 7.05 Å². The number of amides is 1. The molecule has 0 bridgehead atoms. The van der Waals surface area contributed by atoms with Crippen LogP contribution in [0.3, 0.4) is 0 Å². The molecule has 0 unspecified atom stereocenters. The molecule has 0 radical (unpaired) electrons. The lowest BCUT2D eigenvalue weighted by molar-refractivity contribution is 0.103. The third kappa shape index (κ3) is 4.21. The van der Waals surface area contributed by atoms with E-state index >= 15 is 0 Å². The first kappa shape index (κ1) is 18.3. The maximum atomic E-state index is 12.7. The van der Waals surface area contributed by atoms with E-state index in [2.05, 4.69) is 10.2 Å². The minimum absolute atomic E-state index is 0.231. The third-order valence-electron chi connectivity index (χ3n) is 4.01. The molecule has 1 aliphatic heterocycles. The lowest BCUT2D eigenvalue weighted by Crippen LogP contribution is -2.46. The van der Waals surface area contributed by atoms with Crippen LogP contribution >= 0.6 is 22.9 Å². The molecule has 0 atom stereocenters. The summed E-state index contributed by atoms with van der Waals surface area (Å²) in [6, 6.07) is 9.53. The number of sulfonamides is 1. The molecule has 9 heteroatoms. The van der Waals surface area contributed by atoms with Crippen LogP contribution in [0.15, 0.2) is 41.3 Å². The Morgan fingerprint density at radius 3 is 2.28 bits per heavy atom. The van der Waals surface area contributed by atoms with Gasteiger partial charge < -0.3 is 10.2 Å². The number of likely N-dealkylation sites (N-methyl/N-ethyl adjacent to an activating group) is 1. The van der Waals surface area contributed by atoms with Crippen LogP contribution in [0.1, 0.15) is 9.67 Å². The highest BCUT2D eigenvalue weighted by atomic mass is 35.5. The second-order valence-electron chi connectivity index (χ2n) is 5.79. The van der Waals surface area contributed by atoms with Gasteiger partial charge in [0.2, 0.25) is 10.0 Å². The second-order valence-corrected chi connectivity index (χ2v) is 9.44. The largest absolute Gasteiger partial charge is 0.321 e. The van der Waals surface area contributed by atoms with Gasteiger partial charge in [0.05, 0.1) is 14.1 Å². The van der Waals surface area contributed by atoms with Crippen molar-refractivity contribution in [1.82, 2.24) is 9.21 Å². The number of carbonyl (C=O) groups excluding carboxylic acids is 1. The minimum Gasteiger partial charge on any atom is -0.321 e. The number of benzene rings is 1. The van der Waals surface area contributed by atoms with Crippen molar-refractivity contribution >= 4 is 44.6 Å². The molecule has 134 valence electrons. The predicted molar refractivity (Wildman–Crippen MR) is 100.0 cm³/mol. The summed E-state index contributed by atoms with van der Waals surface area (Å²) >= 11 is 7.01. The summed E-state index contributed by atoms with van der Waals surface area (Å²) in [6.45, 7) is 2.40. The van der Waals surface area contributed by atoms with Crippen LogP contribution in [0.2, 0.25) is 4.34 Å². The lowest BCUT2D eigenvalue weighted by atomic mass is 10.3. The van der Waals surface area contributed by atoms with Crippen molar-refractivity contribution in [2.24, 2.45) is 0 Å². The fraction of sp³-hybridized carbons (Fsp3) is 0.312. The van der Waals surface area contributed by atoms with Crippen LogP contribution in [0.4, 0.5) is 5.69 Å². The number of rotatable bonds is 4. The number of nitrogens with zero attached hydrogens (tertiary/aromatic N) is 2. The first-order chi connectivity index (χ1) is 11.9. The molecule has 1 saturated heterocycles. The topological polar surface area (TPSA) is 69.7 Å². The third-order valence-corrected chi connectivity index (χ3v) is 7.15. The zero-order valence-corrected chi connectivity index (χ0v) is 16.0. The van der Waals surface area contributed by atoms with Crippen molar-refractivity contribution in [3.8, 4) is 0 Å². The Hall–Kier alpha value is -1.45. The molecule has 0 saturated carbocycles. The van der Waals surface area contributed by atoms with E-state index in [0.717, 1.165) is 13.1 Å². The highest BCUT2D eigenvalue weighted by molar-refractivity contribution is 7.89. The Balaban J connectivity index is 1.70. The number of thiophene rings is 1. The molecule has 2 heterocycles. The molecule has 1 fully saturated rings. The molecule has 25 heavy (non-hydrogen) atoms. The zero-order valence-electron chi connectivity index (χ0n) is 13.6. The quantitative estimate of drug-likeness (QED) is 0.857. The molecule has 3 rings (SSSR count). The van der Waals surface area contributed by atoms with Gasteiger partial charge in [0.15, 0.2) is 0 Å². The maximum Gasteiger partial charge on any atom is 0.265 e. The van der Waals surface area contributed by atoms with Gasteiger partial charge in [-0.2, -0.15) is 4.31 Å². The van der Waals surface area contributed by atoms with Crippen molar-refractivity contribution in [3.05, 3.63) is 45.6 Å². The van der Waals surface area contributed by atoms with Gasteiger partial charge in [0, 0.05) is 31.9 Å². The highest BCUT2D eigenvalue weighted by Crippen LogP contribution is 2.23. The second kappa shape index (κ2) is 7.43. The summed E-state index contributed by atoms with van der Waals surface area (Å²) in [7, 11) is -1.53. The normalized spacial score (nSPS) is 16.7. The first-order valence-electron chi connectivity index (χ1n) is 7.72. The monoisotopic (exact) mass is 399 g/mol. The predicted octanol–water partition coefficient (Wildman–Crippen LogP) is 2.59. The molecule has 1 amide bonds. The Kier molecular flexibility index (Phi) is 5.45. The molecule has 2 aromatic rings. The Bertz CT molecular complexity index is 857. The number of halogens is 1. The van der Waals surface area contributed by atoms with Gasteiger partial charge in [-0.15, -0.1) is 11.3 Å². The first-order valence-corrected chi connectivity index (χ1v) is 10.4. The number of nitrogens with one attached hydrogen (secondary N) is 1. The Labute approximate surface area is 156 Å². The van der Waals surface area contributed by atoms with Crippen molar-refractivity contribution in [3.63, 3.8) is 0 Å². The summed E-state index contributed by atoms with van der Waals surface area (Å²) in [6.07, 6.45) is 0. The SMILES string of the molecule is CN1CCN(S(=O)(=O)c2ccc(NC(=O)c3ccc(Cl)s3)cc2)CC1. The van der Waals surface area contributed by atoms with Gasteiger partial charge in [-0.25, -0.2) is 8.42 Å². The number of piperazine rings is 1. The van der Waals surface area contributed by atoms with Crippen molar-refractivity contribution in [2.45, 2.75) is 4.90 Å². The van der Waals surface area contributed by atoms with E-state index in [1.54, 1.807) is 24.3 Å². The van der Waals surface area contributed by atoms with Crippen LogP contribution in [-0.4, -0.2) is 56.8 Å². The summed E-state index contributed by atoms with van der Waals surface area (Å²) in [5.74, 6) is -0.272. The van der Waals surface area contributed by atoms with E-state index in [9.17, 15) is 13.2 Å². The molecular formula is C16H18ClN3O3S2. The number of carbonyl (C=O) groups is 1. The molecule has 1 N–H and O–H groups in total. The summed E-state index contributed by atoms with van der Waals surface area (Å²) in [5.41, 5.74) is 0.534. The minimum atomic E-state index is -3.50. The standard InChI is InChI=1S/C16H18ClN3O3S2/c1-19-8-10-20(11-9-19)25(22,23)13-4-2-12(3-5-13)18-16(21)14-6-7-15(17)24-14/h2-7H,8-11H2,1H3,(H,18,21). The van der Waals surface area contributed by atoms with Gasteiger partial charge in [0.1, 0.15) is 0 Å². The molecule has 1 aromatic heterocycles. The summed E-state index contributed by atoms with van der Waals surface area (Å²) < 4.78 is 27.4. The van der Waals surface area contributed by atoms with Crippen LogP contribution in [-0.2, 0) is 10.0 Å². The van der Waals surface area contributed by atoms with Crippen LogP contribution in [0.25, 0.3) is 0 Å². The van der Waals surface area contributed by atoms with E-state index < -0.39 is 10.0 Å². The van der Waals surface area contributed by atoms with Crippen molar-refractivity contribution < 1.29 is 13.2 Å². The fourth-order valence-electron chi connectivity index (χ4n) is 2.52. The van der Waals surface area contributed by atoms with Crippen LogP contribution in [0.5, 0.6) is 0 Å². The highest BCUT2D eigenvalue weighted by Gasteiger charge is 2.27. The average molecular weight is 400 g/mol. The summed E-state index contributed by atoms with van der Waals surface area (Å²) in [5, 5.41) is 2.73. The van der Waals surface area contributed by atoms with Gasteiger partial charge >= 0.3 is 0 Å². The Morgan fingerprint density at radius 1 is 1.08 bits per heavy atom. The molecular weight excluding hydrogens is 382 g/mol. The number of anilines is 1. The van der Waals surface area contributed by atoms with Crippen molar-refractivity contribution in [2.75, 3.05) is 38.5 Å². The summed E-state index contributed by atoms with van der Waals surface area (Å²) in [4.78, 5) is 14.9. The average Bonchev–Trinajstić information content (AvgIpc) is 3.02. The van der Waals surface area contributed by atoms with Gasteiger partial charge in [-0.1, -0.05) is 11.6 Å². The molecule has 6 nitrogen and oxygen atoms in total. The van der Waals surface area contributed by atoms with Crippen molar-refractivity contribution in [1.29, 1.82) is 0 Å². The lowest BCUT2D eigenvalue weighted by Gasteiger charge is -2.31. The van der Waals surface area contributed by atoms with Crippen LogP contribution < -0.4 is 5.32 Å². The molecule has 0 spiro atoms.